The fourth-order valence-corrected chi connectivity index (χ4v) is 2.81. The predicted octanol–water partition coefficient (Wildman–Crippen LogP) is 4.65. The molecular formula is C22H22FN3O. The summed E-state index contributed by atoms with van der Waals surface area (Å²) >= 11 is 0. The van der Waals surface area contributed by atoms with E-state index in [1.807, 2.05) is 18.5 Å². The van der Waals surface area contributed by atoms with Crippen molar-refractivity contribution in [1.29, 1.82) is 0 Å². The van der Waals surface area contributed by atoms with Crippen LogP contribution in [0.15, 0.2) is 54.6 Å². The summed E-state index contributed by atoms with van der Waals surface area (Å²) in [5.41, 5.74) is 5.51. The Morgan fingerprint density at radius 2 is 1.74 bits per heavy atom. The van der Waals surface area contributed by atoms with Gasteiger partial charge in [-0.25, -0.2) is 4.39 Å². The molecule has 1 aromatic heterocycles. The summed E-state index contributed by atoms with van der Waals surface area (Å²) in [7, 11) is 0. The molecule has 3 rings (SSSR count). The number of aryl methyl sites for hydroxylation is 2. The monoisotopic (exact) mass is 363 g/mol. The molecule has 4 nitrogen and oxygen atoms in total. The van der Waals surface area contributed by atoms with Crippen LogP contribution in [0.2, 0.25) is 0 Å². The lowest BCUT2D eigenvalue weighted by atomic mass is 10.1. The number of nitrogens with zero attached hydrogens (tertiary/aromatic N) is 2. The Bertz CT molecular complexity index is 970. The Morgan fingerprint density at radius 3 is 2.41 bits per heavy atom. The largest absolute Gasteiger partial charge is 0.319 e. The lowest BCUT2D eigenvalue weighted by Gasteiger charge is -2.06. The average molecular weight is 363 g/mol. The van der Waals surface area contributed by atoms with Crippen molar-refractivity contribution >= 4 is 17.7 Å². The zero-order valence-corrected chi connectivity index (χ0v) is 15.7. The van der Waals surface area contributed by atoms with Gasteiger partial charge < -0.3 is 5.32 Å². The van der Waals surface area contributed by atoms with Crippen LogP contribution in [0.1, 0.15) is 28.1 Å². The van der Waals surface area contributed by atoms with E-state index in [0.717, 1.165) is 28.2 Å². The summed E-state index contributed by atoms with van der Waals surface area (Å²) in [6.07, 6.45) is 3.08. The van der Waals surface area contributed by atoms with E-state index in [9.17, 15) is 9.18 Å². The van der Waals surface area contributed by atoms with E-state index in [-0.39, 0.29) is 11.7 Å². The van der Waals surface area contributed by atoms with Gasteiger partial charge in [0.1, 0.15) is 5.82 Å². The van der Waals surface area contributed by atoms with Gasteiger partial charge in [0.05, 0.1) is 23.6 Å². The van der Waals surface area contributed by atoms with Gasteiger partial charge in [-0.3, -0.25) is 9.48 Å². The van der Waals surface area contributed by atoms with Crippen molar-refractivity contribution in [2.24, 2.45) is 0 Å². The standard InChI is InChI=1S/C22H22FN3O/c1-15-4-6-19(7-5-15)14-26-17(3)22(16(2)25-26)24-21(27)13-10-18-8-11-20(23)12-9-18/h4-13H,14H2,1-3H3,(H,24,27)/b13-10+. The van der Waals surface area contributed by atoms with Crippen LogP contribution in [-0.4, -0.2) is 15.7 Å². The zero-order chi connectivity index (χ0) is 19.4. The van der Waals surface area contributed by atoms with Gasteiger partial charge in [-0.1, -0.05) is 42.0 Å². The van der Waals surface area contributed by atoms with Crippen molar-refractivity contribution in [2.75, 3.05) is 5.32 Å². The van der Waals surface area contributed by atoms with Gasteiger partial charge in [0, 0.05) is 6.08 Å². The quantitative estimate of drug-likeness (QED) is 0.671. The number of rotatable bonds is 5. The molecule has 0 unspecified atom stereocenters. The molecule has 3 aromatic rings. The molecule has 0 fully saturated rings. The summed E-state index contributed by atoms with van der Waals surface area (Å²) in [5.74, 6) is -0.552. The molecule has 2 aromatic carbocycles. The first-order chi connectivity index (χ1) is 12.9. The first kappa shape index (κ1) is 18.6. The van der Waals surface area contributed by atoms with E-state index >= 15 is 0 Å². The Morgan fingerprint density at radius 1 is 1.07 bits per heavy atom. The summed E-state index contributed by atoms with van der Waals surface area (Å²) in [4.78, 5) is 12.3. The summed E-state index contributed by atoms with van der Waals surface area (Å²) < 4.78 is 14.8. The number of amides is 1. The number of halogens is 1. The van der Waals surface area contributed by atoms with Crippen LogP contribution < -0.4 is 5.32 Å². The van der Waals surface area contributed by atoms with Crippen LogP contribution in [0.3, 0.4) is 0 Å². The molecule has 138 valence electrons. The van der Waals surface area contributed by atoms with E-state index in [4.69, 9.17) is 0 Å². The van der Waals surface area contributed by atoms with Crippen molar-refractivity contribution in [3.8, 4) is 0 Å². The molecule has 0 atom stereocenters. The van der Waals surface area contributed by atoms with E-state index in [1.165, 1.54) is 23.8 Å². The number of aromatic nitrogens is 2. The lowest BCUT2D eigenvalue weighted by molar-refractivity contribution is -0.111. The first-order valence-corrected chi connectivity index (χ1v) is 8.76. The van der Waals surface area contributed by atoms with Crippen LogP contribution in [0.4, 0.5) is 10.1 Å². The van der Waals surface area contributed by atoms with Crippen molar-refractivity contribution in [3.05, 3.63) is 88.5 Å². The third-order valence-corrected chi connectivity index (χ3v) is 4.38. The van der Waals surface area contributed by atoms with E-state index < -0.39 is 0 Å². The number of benzene rings is 2. The van der Waals surface area contributed by atoms with E-state index in [0.29, 0.717) is 6.54 Å². The van der Waals surface area contributed by atoms with Gasteiger partial charge in [0.25, 0.3) is 0 Å². The molecule has 0 aliphatic rings. The molecule has 0 bridgehead atoms. The lowest BCUT2D eigenvalue weighted by Crippen LogP contribution is -2.10. The molecule has 0 aliphatic heterocycles. The Labute approximate surface area is 158 Å². The Balaban J connectivity index is 1.71. The third kappa shape index (κ3) is 4.70. The molecule has 0 radical (unpaired) electrons. The predicted molar refractivity (Wildman–Crippen MR) is 106 cm³/mol. The summed E-state index contributed by atoms with van der Waals surface area (Å²) in [5, 5.41) is 7.44. The average Bonchev–Trinajstić information content (AvgIpc) is 2.90. The fraction of sp³-hybridized carbons (Fsp3) is 0.182. The van der Waals surface area contributed by atoms with Crippen LogP contribution in [0.25, 0.3) is 6.08 Å². The highest BCUT2D eigenvalue weighted by atomic mass is 19.1. The molecular weight excluding hydrogens is 341 g/mol. The van der Waals surface area contributed by atoms with E-state index in [1.54, 1.807) is 18.2 Å². The van der Waals surface area contributed by atoms with Gasteiger partial charge >= 0.3 is 0 Å². The molecule has 1 N–H and O–H groups in total. The highest BCUT2D eigenvalue weighted by Gasteiger charge is 2.13. The minimum atomic E-state index is -0.302. The second-order valence-corrected chi connectivity index (χ2v) is 6.56. The number of anilines is 1. The number of carbonyl (C=O) groups is 1. The van der Waals surface area contributed by atoms with Gasteiger partial charge in [-0.05, 0) is 50.1 Å². The van der Waals surface area contributed by atoms with Crippen molar-refractivity contribution in [3.63, 3.8) is 0 Å². The molecule has 27 heavy (non-hydrogen) atoms. The Hall–Kier alpha value is -3.21. The fourth-order valence-electron chi connectivity index (χ4n) is 2.81. The second-order valence-electron chi connectivity index (χ2n) is 6.56. The summed E-state index contributed by atoms with van der Waals surface area (Å²) in [6, 6.07) is 14.3. The highest BCUT2D eigenvalue weighted by Crippen LogP contribution is 2.20. The van der Waals surface area contributed by atoms with Gasteiger partial charge in [-0.2, -0.15) is 5.10 Å². The number of hydrogen-bond donors (Lipinski definition) is 1. The normalized spacial score (nSPS) is 11.1. The number of nitrogens with one attached hydrogen (secondary N) is 1. The second kappa shape index (κ2) is 7.99. The SMILES string of the molecule is Cc1ccc(Cn2nc(C)c(NC(=O)/C=C/c3ccc(F)cc3)c2C)cc1. The summed E-state index contributed by atoms with van der Waals surface area (Å²) in [6.45, 7) is 6.51. The Kier molecular flexibility index (Phi) is 5.50. The van der Waals surface area contributed by atoms with Crippen LogP contribution in [0.5, 0.6) is 0 Å². The van der Waals surface area contributed by atoms with Crippen LogP contribution in [-0.2, 0) is 11.3 Å². The van der Waals surface area contributed by atoms with Gasteiger partial charge in [0.2, 0.25) is 5.91 Å². The molecule has 1 heterocycles. The molecule has 0 saturated heterocycles. The van der Waals surface area contributed by atoms with Gasteiger partial charge in [-0.15, -0.1) is 0 Å². The maximum absolute atomic E-state index is 12.9. The van der Waals surface area contributed by atoms with Crippen molar-refractivity contribution in [1.82, 2.24) is 9.78 Å². The smallest absolute Gasteiger partial charge is 0.248 e. The topological polar surface area (TPSA) is 46.9 Å². The molecule has 1 amide bonds. The van der Waals surface area contributed by atoms with Crippen molar-refractivity contribution < 1.29 is 9.18 Å². The first-order valence-electron chi connectivity index (χ1n) is 8.76. The van der Waals surface area contributed by atoms with Crippen LogP contribution in [0, 0.1) is 26.6 Å². The van der Waals surface area contributed by atoms with E-state index in [2.05, 4.69) is 41.6 Å². The minimum absolute atomic E-state index is 0.250. The zero-order valence-electron chi connectivity index (χ0n) is 15.7. The molecule has 5 heteroatoms. The number of hydrogen-bond acceptors (Lipinski definition) is 2. The number of carbonyl (C=O) groups excluding carboxylic acids is 1. The van der Waals surface area contributed by atoms with Crippen LogP contribution >= 0.6 is 0 Å². The molecule has 0 aliphatic carbocycles. The maximum Gasteiger partial charge on any atom is 0.248 e. The van der Waals surface area contributed by atoms with Crippen molar-refractivity contribution in [2.45, 2.75) is 27.3 Å². The third-order valence-electron chi connectivity index (χ3n) is 4.38. The molecule has 0 saturated carbocycles. The molecule has 0 spiro atoms. The maximum atomic E-state index is 12.9. The minimum Gasteiger partial charge on any atom is -0.319 e. The highest BCUT2D eigenvalue weighted by molar-refractivity contribution is 6.02. The van der Waals surface area contributed by atoms with Gasteiger partial charge in [0.15, 0.2) is 0 Å².